The van der Waals surface area contributed by atoms with E-state index in [0.29, 0.717) is 22.9 Å². The molecule has 8 heteroatoms. The molecule has 0 spiro atoms. The molecule has 0 unspecified atom stereocenters. The molecule has 6 nitrogen and oxygen atoms in total. The Morgan fingerprint density at radius 1 is 1.19 bits per heavy atom. The van der Waals surface area contributed by atoms with Gasteiger partial charge in [-0.3, -0.25) is 4.79 Å². The van der Waals surface area contributed by atoms with E-state index in [1.54, 1.807) is 42.5 Å². The number of hydrogen-bond acceptors (Lipinski definition) is 5. The van der Waals surface area contributed by atoms with Crippen LogP contribution < -0.4 is 10.2 Å². The summed E-state index contributed by atoms with van der Waals surface area (Å²) in [6, 6.07) is 14.2. The third-order valence-corrected chi connectivity index (χ3v) is 5.92. The van der Waals surface area contributed by atoms with E-state index in [1.165, 1.54) is 6.21 Å². The number of rotatable bonds is 5. The van der Waals surface area contributed by atoms with Crippen molar-refractivity contribution in [2.24, 2.45) is 11.0 Å². The second kappa shape index (κ2) is 7.88. The maximum Gasteiger partial charge on any atom is 0.244 e. The van der Waals surface area contributed by atoms with Gasteiger partial charge in [0.1, 0.15) is 11.5 Å². The molecule has 3 rings (SSSR count). The van der Waals surface area contributed by atoms with Gasteiger partial charge in [0, 0.05) is 5.02 Å². The van der Waals surface area contributed by atoms with Gasteiger partial charge < -0.3 is 4.74 Å². The van der Waals surface area contributed by atoms with E-state index in [-0.39, 0.29) is 17.4 Å². The maximum atomic E-state index is 11.9. The van der Waals surface area contributed by atoms with Gasteiger partial charge in [0.15, 0.2) is 9.84 Å². The zero-order valence-corrected chi connectivity index (χ0v) is 15.3. The zero-order valence-electron chi connectivity index (χ0n) is 13.8. The Labute approximate surface area is 156 Å². The average Bonchev–Trinajstić information content (AvgIpc) is 2.97. The molecule has 0 aliphatic carbocycles. The number of nitrogens with one attached hydrogen (secondary N) is 1. The van der Waals surface area contributed by atoms with Crippen LogP contribution in [0.25, 0.3) is 0 Å². The van der Waals surface area contributed by atoms with E-state index in [4.69, 9.17) is 16.3 Å². The van der Waals surface area contributed by atoms with E-state index in [0.717, 1.165) is 5.56 Å². The fourth-order valence-corrected chi connectivity index (χ4v) is 4.43. The highest BCUT2D eigenvalue weighted by molar-refractivity contribution is 7.91. The summed E-state index contributed by atoms with van der Waals surface area (Å²) in [4.78, 5) is 11.9. The molecule has 2 aromatic carbocycles. The van der Waals surface area contributed by atoms with Crippen LogP contribution in [-0.4, -0.2) is 32.0 Å². The lowest BCUT2D eigenvalue weighted by Crippen LogP contribution is -2.27. The van der Waals surface area contributed by atoms with Crippen molar-refractivity contribution in [3.8, 4) is 11.5 Å². The molecule has 0 radical (unpaired) electrons. The van der Waals surface area contributed by atoms with Crippen molar-refractivity contribution in [1.29, 1.82) is 0 Å². The molecule has 2 aromatic rings. The van der Waals surface area contributed by atoms with Crippen molar-refractivity contribution >= 4 is 33.6 Å². The molecule has 0 saturated carbocycles. The second-order valence-corrected chi connectivity index (χ2v) is 8.63. The lowest BCUT2D eigenvalue weighted by molar-refractivity contribution is -0.124. The highest BCUT2D eigenvalue weighted by Crippen LogP contribution is 2.23. The fraction of sp³-hybridized carbons (Fsp3) is 0.222. The first-order valence-electron chi connectivity index (χ1n) is 7.98. The Bertz CT molecular complexity index is 926. The molecule has 0 bridgehead atoms. The minimum Gasteiger partial charge on any atom is -0.457 e. The molecule has 136 valence electrons. The van der Waals surface area contributed by atoms with Gasteiger partial charge in [-0.15, -0.1) is 0 Å². The predicted molar refractivity (Wildman–Crippen MR) is 100 cm³/mol. The average molecular weight is 393 g/mol. The first kappa shape index (κ1) is 18.4. The summed E-state index contributed by atoms with van der Waals surface area (Å²) in [5.41, 5.74) is 3.13. The lowest BCUT2D eigenvalue weighted by Gasteiger charge is -2.07. The fourth-order valence-electron chi connectivity index (χ4n) is 2.56. The number of hydrogen-bond donors (Lipinski definition) is 1. The smallest absolute Gasteiger partial charge is 0.244 e. The number of carbonyl (C=O) groups is 1. The van der Waals surface area contributed by atoms with Crippen LogP contribution in [0.2, 0.25) is 5.02 Å². The van der Waals surface area contributed by atoms with Crippen molar-refractivity contribution in [2.45, 2.75) is 6.42 Å². The van der Waals surface area contributed by atoms with Gasteiger partial charge in [0.05, 0.1) is 23.6 Å². The number of sulfone groups is 1. The van der Waals surface area contributed by atoms with Crippen LogP contribution in [0.5, 0.6) is 11.5 Å². The van der Waals surface area contributed by atoms with Crippen molar-refractivity contribution in [1.82, 2.24) is 5.43 Å². The topological polar surface area (TPSA) is 84.8 Å². The molecule has 1 heterocycles. The monoisotopic (exact) mass is 392 g/mol. The SMILES string of the molecule is O=C(N/N=C\c1cccc(Oc2ccc(Cl)cc2)c1)[C@H]1CCS(=O)(=O)C1. The maximum absolute atomic E-state index is 11.9. The van der Waals surface area contributed by atoms with Gasteiger partial charge in [-0.1, -0.05) is 23.7 Å². The number of amides is 1. The number of ether oxygens (including phenoxy) is 1. The quantitative estimate of drug-likeness (QED) is 0.626. The van der Waals surface area contributed by atoms with Crippen LogP contribution in [0.3, 0.4) is 0 Å². The number of carbonyl (C=O) groups excluding carboxylic acids is 1. The first-order valence-corrected chi connectivity index (χ1v) is 10.2. The van der Waals surface area contributed by atoms with Gasteiger partial charge in [-0.05, 0) is 48.4 Å². The standard InChI is InChI=1S/C18H17ClN2O4S/c19-15-4-6-16(7-5-15)25-17-3-1-2-13(10-17)11-20-21-18(22)14-8-9-26(23,24)12-14/h1-7,10-11,14H,8-9,12H2,(H,21,22)/b20-11-/t14-/m0/s1. The summed E-state index contributed by atoms with van der Waals surface area (Å²) >= 11 is 5.84. The predicted octanol–water partition coefficient (Wildman–Crippen LogP) is 3.02. The van der Waals surface area contributed by atoms with E-state index < -0.39 is 15.8 Å². The third-order valence-electron chi connectivity index (χ3n) is 3.90. The Morgan fingerprint density at radius 3 is 2.65 bits per heavy atom. The molecule has 1 aliphatic rings. The van der Waals surface area contributed by atoms with Crippen LogP contribution >= 0.6 is 11.6 Å². The lowest BCUT2D eigenvalue weighted by atomic mass is 10.1. The minimum absolute atomic E-state index is 0.0544. The molecule has 1 aliphatic heterocycles. The Morgan fingerprint density at radius 2 is 1.96 bits per heavy atom. The molecule has 0 aromatic heterocycles. The van der Waals surface area contributed by atoms with Crippen molar-refractivity contribution < 1.29 is 17.9 Å². The summed E-state index contributed by atoms with van der Waals surface area (Å²) in [6.07, 6.45) is 1.82. The number of hydrazone groups is 1. The Kier molecular flexibility index (Phi) is 5.58. The second-order valence-electron chi connectivity index (χ2n) is 5.96. The molecular formula is C18H17ClN2O4S. The molecule has 1 saturated heterocycles. The van der Waals surface area contributed by atoms with Gasteiger partial charge in [0.2, 0.25) is 5.91 Å². The van der Waals surface area contributed by atoms with Crippen LogP contribution in [-0.2, 0) is 14.6 Å². The Balaban J connectivity index is 1.59. The summed E-state index contributed by atoms with van der Waals surface area (Å²) in [5.74, 6) is 0.300. The van der Waals surface area contributed by atoms with E-state index in [2.05, 4.69) is 10.5 Å². The largest absolute Gasteiger partial charge is 0.457 e. The van der Waals surface area contributed by atoms with Gasteiger partial charge in [-0.25, -0.2) is 13.8 Å². The highest BCUT2D eigenvalue weighted by Gasteiger charge is 2.32. The number of halogens is 1. The molecule has 26 heavy (non-hydrogen) atoms. The summed E-state index contributed by atoms with van der Waals surface area (Å²) in [7, 11) is -3.09. The Hall–Kier alpha value is -2.38. The van der Waals surface area contributed by atoms with Crippen LogP contribution in [0.4, 0.5) is 0 Å². The normalized spacial score (nSPS) is 18.7. The van der Waals surface area contributed by atoms with E-state index in [9.17, 15) is 13.2 Å². The molecule has 1 N–H and O–H groups in total. The van der Waals surface area contributed by atoms with Gasteiger partial charge >= 0.3 is 0 Å². The number of benzene rings is 2. The van der Waals surface area contributed by atoms with Gasteiger partial charge in [-0.2, -0.15) is 5.10 Å². The summed E-state index contributed by atoms with van der Waals surface area (Å²) in [5, 5.41) is 4.53. The first-order chi connectivity index (χ1) is 12.4. The minimum atomic E-state index is -3.09. The van der Waals surface area contributed by atoms with Crippen LogP contribution in [0.1, 0.15) is 12.0 Å². The molecule has 1 atom stereocenters. The highest BCUT2D eigenvalue weighted by atomic mass is 35.5. The van der Waals surface area contributed by atoms with Crippen molar-refractivity contribution in [3.05, 3.63) is 59.1 Å². The molecule has 1 amide bonds. The number of nitrogens with zero attached hydrogens (tertiary/aromatic N) is 1. The zero-order chi connectivity index (χ0) is 18.6. The third kappa shape index (κ3) is 5.06. The van der Waals surface area contributed by atoms with Crippen molar-refractivity contribution in [2.75, 3.05) is 11.5 Å². The van der Waals surface area contributed by atoms with E-state index in [1.807, 2.05) is 6.07 Å². The van der Waals surface area contributed by atoms with Crippen molar-refractivity contribution in [3.63, 3.8) is 0 Å². The van der Waals surface area contributed by atoms with Crippen LogP contribution in [0.15, 0.2) is 53.6 Å². The molecular weight excluding hydrogens is 376 g/mol. The summed E-state index contributed by atoms with van der Waals surface area (Å²) in [6.45, 7) is 0. The van der Waals surface area contributed by atoms with E-state index >= 15 is 0 Å². The summed E-state index contributed by atoms with van der Waals surface area (Å²) < 4.78 is 28.5. The van der Waals surface area contributed by atoms with Crippen LogP contribution in [0, 0.1) is 5.92 Å². The van der Waals surface area contributed by atoms with Gasteiger partial charge in [0.25, 0.3) is 0 Å². The molecule has 1 fully saturated rings.